The van der Waals surface area contributed by atoms with E-state index in [4.69, 9.17) is 12.2 Å². The van der Waals surface area contributed by atoms with Gasteiger partial charge >= 0.3 is 0 Å². The van der Waals surface area contributed by atoms with Gasteiger partial charge in [0.25, 0.3) is 0 Å². The molecule has 1 atom stereocenters. The maximum Gasteiger partial charge on any atom is 0.00578 e. The Kier molecular flexibility index (Phi) is 1.98. The van der Waals surface area contributed by atoms with Crippen LogP contribution < -0.4 is 0 Å². The normalized spacial score (nSPS) is 42.5. The van der Waals surface area contributed by atoms with Crippen LogP contribution >= 0.6 is 12.2 Å². The summed E-state index contributed by atoms with van der Waals surface area (Å²) < 4.78 is 0. The van der Waals surface area contributed by atoms with Crippen LogP contribution in [0, 0.1) is 11.8 Å². The van der Waals surface area contributed by atoms with Crippen molar-refractivity contribution in [3.05, 3.63) is 0 Å². The van der Waals surface area contributed by atoms with E-state index in [0.29, 0.717) is 0 Å². The lowest BCUT2D eigenvalue weighted by molar-refractivity contribution is 0.0829. The van der Waals surface area contributed by atoms with Crippen molar-refractivity contribution < 1.29 is 0 Å². The highest BCUT2D eigenvalue weighted by Gasteiger charge is 2.34. The molecule has 3 saturated heterocycles. The molecule has 3 rings (SSSR count). The molecule has 0 aromatic heterocycles. The van der Waals surface area contributed by atoms with Gasteiger partial charge < -0.3 is 4.90 Å². The van der Waals surface area contributed by atoms with E-state index in [2.05, 4.69) is 11.8 Å². The first-order valence-electron chi connectivity index (χ1n) is 4.50. The van der Waals surface area contributed by atoms with Gasteiger partial charge in [0.15, 0.2) is 0 Å². The molecule has 3 fully saturated rings. The van der Waals surface area contributed by atoms with E-state index in [0.717, 1.165) is 11.8 Å². The van der Waals surface area contributed by atoms with Crippen LogP contribution in [0.2, 0.25) is 0 Å². The number of piperidine rings is 3. The van der Waals surface area contributed by atoms with Gasteiger partial charge in [-0.15, -0.1) is 0 Å². The summed E-state index contributed by atoms with van der Waals surface area (Å²) >= 11 is 5.25. The fraction of sp³-hybridized carbons (Fsp3) is 0.889. The van der Waals surface area contributed by atoms with Gasteiger partial charge in [-0.25, -0.2) is 0 Å². The van der Waals surface area contributed by atoms with Gasteiger partial charge in [0, 0.05) is 12.5 Å². The van der Waals surface area contributed by atoms with E-state index in [1.54, 1.807) is 0 Å². The topological polar surface area (TPSA) is 3.24 Å². The number of hydrogen-bond donors (Lipinski definition) is 0. The molecule has 0 radical (unpaired) electrons. The molecule has 1 nitrogen and oxygen atoms in total. The first-order chi connectivity index (χ1) is 5.27. The van der Waals surface area contributed by atoms with Gasteiger partial charge in [-0.05, 0) is 43.6 Å². The Hall–Kier alpha value is 0.0500. The number of thiocarbonyl (C=S) groups is 1. The van der Waals surface area contributed by atoms with Crippen molar-refractivity contribution in [1.29, 1.82) is 0 Å². The molecule has 0 aliphatic carbocycles. The summed E-state index contributed by atoms with van der Waals surface area (Å²) in [4.78, 5) is 3.79. The maximum absolute atomic E-state index is 5.25. The van der Waals surface area contributed by atoms with E-state index in [1.807, 2.05) is 0 Å². The van der Waals surface area contributed by atoms with Gasteiger partial charge in [0.05, 0.1) is 0 Å². The molecule has 2 bridgehead atoms. The van der Waals surface area contributed by atoms with Crippen molar-refractivity contribution in [3.8, 4) is 0 Å². The fourth-order valence-corrected chi connectivity index (χ4v) is 2.69. The van der Waals surface area contributed by atoms with E-state index in [1.165, 1.54) is 37.3 Å². The molecule has 0 aromatic carbocycles. The van der Waals surface area contributed by atoms with Gasteiger partial charge in [-0.1, -0.05) is 12.2 Å². The third-order valence-corrected chi connectivity index (χ3v) is 3.48. The largest absolute Gasteiger partial charge is 0.303 e. The molecule has 3 heterocycles. The zero-order valence-electron chi connectivity index (χ0n) is 7.05. The Morgan fingerprint density at radius 2 is 2.00 bits per heavy atom. The van der Waals surface area contributed by atoms with Crippen molar-refractivity contribution in [2.24, 2.45) is 11.8 Å². The molecule has 0 spiro atoms. The summed E-state index contributed by atoms with van der Waals surface area (Å²) in [7, 11) is 0. The Bertz CT molecular complexity index is 170. The average molecular weight is 169 g/mol. The summed E-state index contributed by atoms with van der Waals surface area (Å²) in [5.74, 6) is 1.67. The minimum Gasteiger partial charge on any atom is -0.303 e. The predicted molar refractivity (Wildman–Crippen MR) is 50.9 cm³/mol. The smallest absolute Gasteiger partial charge is 0.00578 e. The van der Waals surface area contributed by atoms with Gasteiger partial charge in [-0.3, -0.25) is 0 Å². The highest BCUT2D eigenvalue weighted by atomic mass is 32.1. The number of nitrogens with zero attached hydrogens (tertiary/aromatic N) is 1. The summed E-state index contributed by atoms with van der Waals surface area (Å²) in [6.45, 7) is 6.01. The highest BCUT2D eigenvalue weighted by Crippen LogP contribution is 2.32. The second kappa shape index (κ2) is 2.83. The SMILES string of the molecule is CC(=S)C1CN2CCC1CC2. The maximum atomic E-state index is 5.25. The Morgan fingerprint density at radius 1 is 1.36 bits per heavy atom. The summed E-state index contributed by atoms with van der Waals surface area (Å²) in [5, 5.41) is 0. The quantitative estimate of drug-likeness (QED) is 0.550. The lowest BCUT2D eigenvalue weighted by Crippen LogP contribution is -2.49. The molecule has 0 aromatic rings. The van der Waals surface area contributed by atoms with Crippen molar-refractivity contribution in [2.75, 3.05) is 19.6 Å². The second-order valence-electron chi connectivity index (χ2n) is 3.86. The average Bonchev–Trinajstić information content (AvgIpc) is 2.06. The molecular weight excluding hydrogens is 154 g/mol. The molecule has 0 saturated carbocycles. The standard InChI is InChI=1S/C9H15NS/c1-7(11)9-6-10-4-2-8(9)3-5-10/h8-9H,2-6H2,1H3. The van der Waals surface area contributed by atoms with Crippen molar-refractivity contribution in [2.45, 2.75) is 19.8 Å². The molecule has 3 aliphatic heterocycles. The van der Waals surface area contributed by atoms with Crippen molar-refractivity contribution >= 4 is 17.1 Å². The fourth-order valence-electron chi connectivity index (χ4n) is 2.43. The van der Waals surface area contributed by atoms with Crippen LogP contribution in [0.5, 0.6) is 0 Å². The minimum absolute atomic E-state index is 0.743. The van der Waals surface area contributed by atoms with E-state index in [-0.39, 0.29) is 0 Å². The van der Waals surface area contributed by atoms with Crippen LogP contribution in [-0.4, -0.2) is 29.4 Å². The van der Waals surface area contributed by atoms with Gasteiger partial charge in [0.2, 0.25) is 0 Å². The molecule has 0 amide bonds. The van der Waals surface area contributed by atoms with Crippen molar-refractivity contribution in [3.63, 3.8) is 0 Å². The second-order valence-corrected chi connectivity index (χ2v) is 4.50. The van der Waals surface area contributed by atoms with E-state index >= 15 is 0 Å². The number of fused-ring (bicyclic) bond motifs is 3. The number of hydrogen-bond acceptors (Lipinski definition) is 2. The Labute approximate surface area is 73.8 Å². The summed E-state index contributed by atoms with van der Waals surface area (Å²) in [6, 6.07) is 0. The summed E-state index contributed by atoms with van der Waals surface area (Å²) in [6.07, 6.45) is 2.78. The lowest BCUT2D eigenvalue weighted by Gasteiger charge is -2.44. The van der Waals surface area contributed by atoms with Crippen LogP contribution in [-0.2, 0) is 0 Å². The third-order valence-electron chi connectivity index (χ3n) is 3.18. The van der Waals surface area contributed by atoms with Gasteiger partial charge in [-0.2, -0.15) is 0 Å². The van der Waals surface area contributed by atoms with Crippen LogP contribution in [0.15, 0.2) is 0 Å². The van der Waals surface area contributed by atoms with Crippen LogP contribution in [0.4, 0.5) is 0 Å². The molecule has 3 aliphatic rings. The Balaban J connectivity index is 2.08. The van der Waals surface area contributed by atoms with E-state index < -0.39 is 0 Å². The molecular formula is C9H15NS. The van der Waals surface area contributed by atoms with Crippen LogP contribution in [0.25, 0.3) is 0 Å². The Morgan fingerprint density at radius 3 is 2.27 bits per heavy atom. The highest BCUT2D eigenvalue weighted by molar-refractivity contribution is 7.80. The molecule has 0 N–H and O–H groups in total. The van der Waals surface area contributed by atoms with Crippen molar-refractivity contribution in [1.82, 2.24) is 4.90 Å². The zero-order chi connectivity index (χ0) is 7.84. The first-order valence-corrected chi connectivity index (χ1v) is 4.91. The monoisotopic (exact) mass is 169 g/mol. The predicted octanol–water partition coefficient (Wildman–Crippen LogP) is 1.72. The van der Waals surface area contributed by atoms with Crippen LogP contribution in [0.1, 0.15) is 19.8 Å². The molecule has 1 unspecified atom stereocenters. The third kappa shape index (κ3) is 1.34. The molecule has 11 heavy (non-hydrogen) atoms. The zero-order valence-corrected chi connectivity index (χ0v) is 7.86. The van der Waals surface area contributed by atoms with Crippen LogP contribution in [0.3, 0.4) is 0 Å². The van der Waals surface area contributed by atoms with Gasteiger partial charge in [0.1, 0.15) is 0 Å². The van der Waals surface area contributed by atoms with E-state index in [9.17, 15) is 0 Å². The molecule has 2 heteroatoms. The molecule has 62 valence electrons. The minimum atomic E-state index is 0.743. The lowest BCUT2D eigenvalue weighted by atomic mass is 9.78. The number of rotatable bonds is 1. The first kappa shape index (κ1) is 7.69. The summed E-state index contributed by atoms with van der Waals surface area (Å²) in [5.41, 5.74) is 0.